The van der Waals surface area contributed by atoms with Crippen molar-refractivity contribution in [1.29, 1.82) is 0 Å². The summed E-state index contributed by atoms with van der Waals surface area (Å²) in [6.45, 7) is 5.20. The van der Waals surface area contributed by atoms with Crippen LogP contribution in [0.15, 0.2) is 29.3 Å². The lowest BCUT2D eigenvalue weighted by atomic mass is 10.2. The van der Waals surface area contributed by atoms with Crippen molar-refractivity contribution in [3.05, 3.63) is 56.7 Å². The zero-order valence-electron chi connectivity index (χ0n) is 11.9. The van der Waals surface area contributed by atoms with Crippen molar-refractivity contribution in [2.75, 3.05) is 0 Å². The van der Waals surface area contributed by atoms with Crippen LogP contribution in [-0.4, -0.2) is 15.0 Å². The highest BCUT2D eigenvalue weighted by molar-refractivity contribution is 7.18. The molecule has 5 nitrogen and oxygen atoms in total. The van der Waals surface area contributed by atoms with Crippen LogP contribution in [0.2, 0.25) is 0 Å². The van der Waals surface area contributed by atoms with Gasteiger partial charge in [-0.05, 0) is 31.0 Å². The molecule has 3 heterocycles. The summed E-state index contributed by atoms with van der Waals surface area (Å²) in [5.74, 6) is 0.664. The standard InChI is InChI=1S/C15H16N4OS/c1-9-10(2)21-15-13(9)14(20)18-12(19-15)8-17-7-11-4-3-5-16-6-11/h3-6,17H,7-8H2,1-2H3,(H,18,19,20). The average Bonchev–Trinajstić information content (AvgIpc) is 2.75. The third-order valence-corrected chi connectivity index (χ3v) is 4.53. The maximum Gasteiger partial charge on any atom is 0.259 e. The molecule has 0 unspecified atom stereocenters. The number of hydrogen-bond acceptors (Lipinski definition) is 5. The van der Waals surface area contributed by atoms with Crippen molar-refractivity contribution in [3.63, 3.8) is 0 Å². The summed E-state index contributed by atoms with van der Waals surface area (Å²) < 4.78 is 0. The minimum absolute atomic E-state index is 0.0555. The van der Waals surface area contributed by atoms with Gasteiger partial charge in [0.1, 0.15) is 10.7 Å². The van der Waals surface area contributed by atoms with Crippen LogP contribution >= 0.6 is 11.3 Å². The van der Waals surface area contributed by atoms with Gasteiger partial charge in [0.2, 0.25) is 0 Å². The molecule has 3 aromatic rings. The van der Waals surface area contributed by atoms with Crippen molar-refractivity contribution in [2.45, 2.75) is 26.9 Å². The minimum Gasteiger partial charge on any atom is -0.309 e. The van der Waals surface area contributed by atoms with E-state index in [-0.39, 0.29) is 5.56 Å². The Morgan fingerprint density at radius 2 is 2.19 bits per heavy atom. The third kappa shape index (κ3) is 2.86. The second-order valence-electron chi connectivity index (χ2n) is 4.94. The number of aromatic nitrogens is 3. The lowest BCUT2D eigenvalue weighted by molar-refractivity contribution is 0.662. The zero-order chi connectivity index (χ0) is 14.8. The van der Waals surface area contributed by atoms with Gasteiger partial charge in [-0.15, -0.1) is 11.3 Å². The molecule has 0 spiro atoms. The first-order valence-corrected chi connectivity index (χ1v) is 7.55. The monoisotopic (exact) mass is 300 g/mol. The molecule has 0 aliphatic heterocycles. The van der Waals surface area contributed by atoms with Crippen LogP contribution in [0.4, 0.5) is 0 Å². The van der Waals surface area contributed by atoms with E-state index in [1.54, 1.807) is 17.5 Å². The van der Waals surface area contributed by atoms with Crippen LogP contribution in [0, 0.1) is 13.8 Å². The quantitative estimate of drug-likeness (QED) is 0.775. The first-order valence-electron chi connectivity index (χ1n) is 6.73. The Kier molecular flexibility index (Phi) is 3.81. The van der Waals surface area contributed by atoms with E-state index in [0.29, 0.717) is 24.3 Å². The van der Waals surface area contributed by atoms with E-state index >= 15 is 0 Å². The van der Waals surface area contributed by atoms with Crippen molar-refractivity contribution < 1.29 is 0 Å². The van der Waals surface area contributed by atoms with Crippen LogP contribution in [-0.2, 0) is 13.1 Å². The normalized spacial score (nSPS) is 11.1. The number of rotatable bonds is 4. The van der Waals surface area contributed by atoms with Crippen molar-refractivity contribution >= 4 is 21.6 Å². The number of nitrogens with one attached hydrogen (secondary N) is 2. The Labute approximate surface area is 126 Å². The van der Waals surface area contributed by atoms with Crippen LogP contribution in [0.3, 0.4) is 0 Å². The lowest BCUT2D eigenvalue weighted by Gasteiger charge is -2.04. The van der Waals surface area contributed by atoms with Gasteiger partial charge < -0.3 is 10.3 Å². The molecule has 0 bridgehead atoms. The molecule has 0 amide bonds. The summed E-state index contributed by atoms with van der Waals surface area (Å²) in [6, 6.07) is 3.91. The Balaban J connectivity index is 1.77. The number of hydrogen-bond donors (Lipinski definition) is 2. The second-order valence-corrected chi connectivity index (χ2v) is 6.14. The number of nitrogens with zero attached hydrogens (tertiary/aromatic N) is 2. The van der Waals surface area contributed by atoms with E-state index in [4.69, 9.17) is 0 Å². The Hall–Kier alpha value is -2.05. The van der Waals surface area contributed by atoms with Gasteiger partial charge in [-0.2, -0.15) is 0 Å². The molecule has 0 atom stereocenters. The van der Waals surface area contributed by atoms with E-state index in [0.717, 1.165) is 20.8 Å². The summed E-state index contributed by atoms with van der Waals surface area (Å²) in [6.07, 6.45) is 3.57. The lowest BCUT2D eigenvalue weighted by Crippen LogP contribution is -2.19. The first kappa shape index (κ1) is 13.9. The van der Waals surface area contributed by atoms with Crippen LogP contribution in [0.1, 0.15) is 21.8 Å². The highest BCUT2D eigenvalue weighted by atomic mass is 32.1. The number of thiophene rings is 1. The molecular formula is C15H16N4OS. The highest BCUT2D eigenvalue weighted by Gasteiger charge is 2.11. The van der Waals surface area contributed by atoms with Crippen molar-refractivity contribution in [2.24, 2.45) is 0 Å². The fourth-order valence-electron chi connectivity index (χ4n) is 2.21. The van der Waals surface area contributed by atoms with E-state index in [2.05, 4.69) is 20.3 Å². The van der Waals surface area contributed by atoms with Gasteiger partial charge in [0, 0.05) is 23.8 Å². The van der Waals surface area contributed by atoms with E-state index in [1.807, 2.05) is 32.2 Å². The molecule has 3 aromatic heterocycles. The van der Waals surface area contributed by atoms with Gasteiger partial charge in [0.15, 0.2) is 0 Å². The van der Waals surface area contributed by atoms with Gasteiger partial charge in [0.05, 0.1) is 11.9 Å². The molecule has 3 rings (SSSR count). The average molecular weight is 300 g/mol. The molecule has 0 saturated carbocycles. The third-order valence-electron chi connectivity index (χ3n) is 3.43. The van der Waals surface area contributed by atoms with Crippen LogP contribution < -0.4 is 10.9 Å². The maximum atomic E-state index is 12.1. The molecule has 0 fully saturated rings. The summed E-state index contributed by atoms with van der Waals surface area (Å²) in [4.78, 5) is 25.5. The van der Waals surface area contributed by atoms with Gasteiger partial charge in [-0.1, -0.05) is 6.07 Å². The number of H-pyrrole nitrogens is 1. The first-order chi connectivity index (χ1) is 10.1. The predicted molar refractivity (Wildman–Crippen MR) is 84.5 cm³/mol. The SMILES string of the molecule is Cc1sc2nc(CNCc3cccnc3)[nH]c(=O)c2c1C. The topological polar surface area (TPSA) is 70.7 Å². The smallest absolute Gasteiger partial charge is 0.259 e. The summed E-state index contributed by atoms with van der Waals surface area (Å²) in [7, 11) is 0. The van der Waals surface area contributed by atoms with Gasteiger partial charge in [-0.25, -0.2) is 4.98 Å². The van der Waals surface area contributed by atoms with Crippen molar-refractivity contribution in [1.82, 2.24) is 20.3 Å². The molecular weight excluding hydrogens is 284 g/mol. The molecule has 2 N–H and O–H groups in total. The number of aromatic amines is 1. The second kappa shape index (κ2) is 5.75. The molecule has 0 aromatic carbocycles. The van der Waals surface area contributed by atoms with Gasteiger partial charge >= 0.3 is 0 Å². The fraction of sp³-hybridized carbons (Fsp3) is 0.267. The molecule has 0 radical (unpaired) electrons. The van der Waals surface area contributed by atoms with Crippen molar-refractivity contribution in [3.8, 4) is 0 Å². The molecule has 6 heteroatoms. The molecule has 108 valence electrons. The Morgan fingerprint density at radius 1 is 1.33 bits per heavy atom. The minimum atomic E-state index is -0.0555. The van der Waals surface area contributed by atoms with E-state index < -0.39 is 0 Å². The zero-order valence-corrected chi connectivity index (χ0v) is 12.8. The summed E-state index contributed by atoms with van der Waals surface area (Å²) >= 11 is 1.57. The molecule has 0 saturated heterocycles. The summed E-state index contributed by atoms with van der Waals surface area (Å²) in [5.41, 5.74) is 2.07. The number of fused-ring (bicyclic) bond motifs is 1. The van der Waals surface area contributed by atoms with E-state index in [9.17, 15) is 4.79 Å². The Bertz CT molecular complexity index is 823. The summed E-state index contributed by atoms with van der Waals surface area (Å²) in [5, 5.41) is 3.98. The molecule has 0 aliphatic carbocycles. The predicted octanol–water partition coefficient (Wildman–Crippen LogP) is 2.29. The van der Waals surface area contributed by atoms with Gasteiger partial charge in [0.25, 0.3) is 5.56 Å². The molecule has 21 heavy (non-hydrogen) atoms. The number of pyridine rings is 1. The maximum absolute atomic E-state index is 12.1. The highest BCUT2D eigenvalue weighted by Crippen LogP contribution is 2.25. The largest absolute Gasteiger partial charge is 0.309 e. The van der Waals surface area contributed by atoms with E-state index in [1.165, 1.54) is 0 Å². The Morgan fingerprint density at radius 3 is 2.95 bits per heavy atom. The van der Waals surface area contributed by atoms with Gasteiger partial charge in [-0.3, -0.25) is 9.78 Å². The van der Waals surface area contributed by atoms with Crippen LogP contribution in [0.5, 0.6) is 0 Å². The number of aryl methyl sites for hydroxylation is 2. The molecule has 0 aliphatic rings. The fourth-order valence-corrected chi connectivity index (χ4v) is 3.26. The van der Waals surface area contributed by atoms with Crippen LogP contribution in [0.25, 0.3) is 10.2 Å².